The largest absolute Gasteiger partial charge is 0.392 e. The number of hydrogen-bond acceptors (Lipinski definition) is 4. The number of nitrogens with one attached hydrogen (secondary N) is 2. The summed E-state index contributed by atoms with van der Waals surface area (Å²) in [7, 11) is 0. The van der Waals surface area contributed by atoms with Crippen molar-refractivity contribution in [2.75, 3.05) is 5.32 Å². The first-order chi connectivity index (χ1) is 11.5. The highest BCUT2D eigenvalue weighted by Gasteiger charge is 2.14. The molecular formula is C17H14ClN3O3. The number of halogens is 1. The molecule has 7 heteroatoms. The maximum Gasteiger partial charge on any atom is 0.313 e. The molecule has 0 spiro atoms. The first-order valence-electron chi connectivity index (χ1n) is 7.01. The Morgan fingerprint density at radius 3 is 2.50 bits per heavy atom. The molecule has 0 aromatic heterocycles. The fraction of sp³-hybridized carbons (Fsp3) is 0.118. The van der Waals surface area contributed by atoms with Gasteiger partial charge < -0.3 is 15.7 Å². The van der Waals surface area contributed by atoms with E-state index in [1.165, 1.54) is 18.2 Å². The molecule has 2 rings (SSSR count). The lowest BCUT2D eigenvalue weighted by atomic mass is 10.1. The molecule has 24 heavy (non-hydrogen) atoms. The third-order valence-electron chi connectivity index (χ3n) is 3.28. The highest BCUT2D eigenvalue weighted by molar-refractivity contribution is 6.39. The summed E-state index contributed by atoms with van der Waals surface area (Å²) in [5.74, 6) is -1.68. The number of aliphatic hydroxyl groups is 1. The van der Waals surface area contributed by atoms with Crippen LogP contribution in [0.4, 0.5) is 5.69 Å². The van der Waals surface area contributed by atoms with E-state index < -0.39 is 11.8 Å². The van der Waals surface area contributed by atoms with E-state index in [9.17, 15) is 14.7 Å². The average molecular weight is 344 g/mol. The van der Waals surface area contributed by atoms with Crippen LogP contribution in [0.25, 0.3) is 0 Å². The van der Waals surface area contributed by atoms with Crippen LogP contribution < -0.4 is 10.6 Å². The van der Waals surface area contributed by atoms with Crippen molar-refractivity contribution < 1.29 is 14.7 Å². The van der Waals surface area contributed by atoms with E-state index in [2.05, 4.69) is 10.6 Å². The van der Waals surface area contributed by atoms with Gasteiger partial charge in [-0.1, -0.05) is 35.9 Å². The van der Waals surface area contributed by atoms with Gasteiger partial charge in [0.1, 0.15) is 6.07 Å². The second-order valence-electron chi connectivity index (χ2n) is 4.87. The summed E-state index contributed by atoms with van der Waals surface area (Å²) in [5.41, 5.74) is 1.90. The first kappa shape index (κ1) is 17.5. The predicted octanol–water partition coefficient (Wildman–Crippen LogP) is 1.96. The van der Waals surface area contributed by atoms with E-state index in [1.807, 2.05) is 6.07 Å². The summed E-state index contributed by atoms with van der Waals surface area (Å²) >= 11 is 5.81. The molecule has 0 aliphatic heterocycles. The Bertz CT molecular complexity index is 815. The minimum atomic E-state index is -0.859. The van der Waals surface area contributed by atoms with Gasteiger partial charge in [0, 0.05) is 12.2 Å². The smallest absolute Gasteiger partial charge is 0.313 e. The van der Waals surface area contributed by atoms with Crippen LogP contribution in [0, 0.1) is 11.3 Å². The zero-order chi connectivity index (χ0) is 17.5. The molecule has 0 unspecified atom stereocenters. The molecule has 3 N–H and O–H groups in total. The second-order valence-corrected chi connectivity index (χ2v) is 5.28. The first-order valence-corrected chi connectivity index (χ1v) is 7.39. The van der Waals surface area contributed by atoms with Gasteiger partial charge in [-0.25, -0.2) is 0 Å². The molecule has 2 aromatic carbocycles. The molecule has 0 saturated carbocycles. The molecule has 0 heterocycles. The van der Waals surface area contributed by atoms with Crippen LogP contribution in [-0.2, 0) is 22.7 Å². The van der Waals surface area contributed by atoms with Crippen molar-refractivity contribution in [1.82, 2.24) is 5.32 Å². The topological polar surface area (TPSA) is 102 Å². The Kier molecular flexibility index (Phi) is 5.90. The Hall–Kier alpha value is -2.88. The number of carbonyl (C=O) groups excluding carboxylic acids is 2. The number of amides is 2. The Morgan fingerprint density at radius 1 is 1.12 bits per heavy atom. The van der Waals surface area contributed by atoms with E-state index in [0.29, 0.717) is 11.3 Å². The highest BCUT2D eigenvalue weighted by Crippen LogP contribution is 2.19. The van der Waals surface area contributed by atoms with Gasteiger partial charge in [-0.05, 0) is 29.3 Å². The molecule has 2 aromatic rings. The van der Waals surface area contributed by atoms with Crippen molar-refractivity contribution in [3.05, 3.63) is 64.2 Å². The molecule has 122 valence electrons. The summed E-state index contributed by atoms with van der Waals surface area (Å²) in [6.07, 6.45) is 0. The molecule has 0 bridgehead atoms. The van der Waals surface area contributed by atoms with Crippen molar-refractivity contribution >= 4 is 29.1 Å². The van der Waals surface area contributed by atoms with E-state index in [1.54, 1.807) is 24.3 Å². The normalized spacial score (nSPS) is 9.88. The summed E-state index contributed by atoms with van der Waals surface area (Å²) < 4.78 is 0. The van der Waals surface area contributed by atoms with Crippen LogP contribution >= 0.6 is 11.6 Å². The lowest BCUT2D eigenvalue weighted by molar-refractivity contribution is -0.136. The maximum absolute atomic E-state index is 11.9. The van der Waals surface area contributed by atoms with Gasteiger partial charge >= 0.3 is 11.8 Å². The quantitative estimate of drug-likeness (QED) is 0.738. The van der Waals surface area contributed by atoms with Gasteiger partial charge in [0.25, 0.3) is 0 Å². The van der Waals surface area contributed by atoms with Gasteiger partial charge in [0.05, 0.1) is 17.2 Å². The predicted molar refractivity (Wildman–Crippen MR) is 89.0 cm³/mol. The van der Waals surface area contributed by atoms with Crippen LogP contribution in [0.15, 0.2) is 42.5 Å². The minimum absolute atomic E-state index is 0.118. The van der Waals surface area contributed by atoms with Crippen molar-refractivity contribution in [2.24, 2.45) is 0 Å². The fourth-order valence-corrected chi connectivity index (χ4v) is 2.18. The van der Waals surface area contributed by atoms with E-state index in [-0.39, 0.29) is 23.7 Å². The molecule has 2 amide bonds. The third kappa shape index (κ3) is 4.32. The molecule has 0 saturated heterocycles. The zero-order valence-electron chi connectivity index (χ0n) is 12.5. The fourth-order valence-electron chi connectivity index (χ4n) is 2.02. The Labute approximate surface area is 143 Å². The molecule has 0 aliphatic carbocycles. The van der Waals surface area contributed by atoms with Gasteiger partial charge in [-0.3, -0.25) is 9.59 Å². The van der Waals surface area contributed by atoms with Crippen LogP contribution in [0.5, 0.6) is 0 Å². The van der Waals surface area contributed by atoms with Gasteiger partial charge in [-0.2, -0.15) is 5.26 Å². The van der Waals surface area contributed by atoms with E-state index in [0.717, 1.165) is 5.56 Å². The number of hydrogen-bond donors (Lipinski definition) is 3. The Balaban J connectivity index is 1.98. The summed E-state index contributed by atoms with van der Waals surface area (Å²) in [4.78, 5) is 23.7. The molecular weight excluding hydrogens is 330 g/mol. The second kappa shape index (κ2) is 8.11. The van der Waals surface area contributed by atoms with Gasteiger partial charge in [-0.15, -0.1) is 0 Å². The molecule has 6 nitrogen and oxygen atoms in total. The van der Waals surface area contributed by atoms with E-state index >= 15 is 0 Å². The third-order valence-corrected chi connectivity index (χ3v) is 3.61. The number of aliphatic hydroxyl groups excluding tert-OH is 1. The maximum atomic E-state index is 11.9. The summed E-state index contributed by atoms with van der Waals surface area (Å²) in [6, 6.07) is 13.3. The number of rotatable bonds is 4. The van der Waals surface area contributed by atoms with Crippen molar-refractivity contribution in [1.29, 1.82) is 5.26 Å². The number of nitriles is 1. The van der Waals surface area contributed by atoms with Crippen molar-refractivity contribution in [3.63, 3.8) is 0 Å². The molecule has 0 radical (unpaired) electrons. The van der Waals surface area contributed by atoms with Crippen molar-refractivity contribution in [2.45, 2.75) is 13.2 Å². The molecule has 0 fully saturated rings. The Morgan fingerprint density at radius 2 is 1.83 bits per heavy atom. The van der Waals surface area contributed by atoms with Gasteiger partial charge in [0.15, 0.2) is 0 Å². The highest BCUT2D eigenvalue weighted by atomic mass is 35.5. The van der Waals surface area contributed by atoms with Crippen molar-refractivity contribution in [3.8, 4) is 6.07 Å². The SMILES string of the molecule is N#Cc1cc(NC(=O)C(=O)NCc2ccccc2CO)ccc1Cl. The summed E-state index contributed by atoms with van der Waals surface area (Å²) in [5, 5.41) is 23.3. The summed E-state index contributed by atoms with van der Waals surface area (Å²) in [6.45, 7) is -0.0347. The van der Waals surface area contributed by atoms with Gasteiger partial charge in [0.2, 0.25) is 0 Å². The lowest BCUT2D eigenvalue weighted by Crippen LogP contribution is -2.35. The van der Waals surface area contributed by atoms with E-state index in [4.69, 9.17) is 16.9 Å². The average Bonchev–Trinajstić information content (AvgIpc) is 2.61. The minimum Gasteiger partial charge on any atom is -0.392 e. The zero-order valence-corrected chi connectivity index (χ0v) is 13.3. The standard InChI is InChI=1S/C17H14ClN3O3/c18-15-6-5-14(7-13(15)8-19)21-17(24)16(23)20-9-11-3-1-2-4-12(11)10-22/h1-7,22H,9-10H2,(H,20,23)(H,21,24). The number of benzene rings is 2. The number of anilines is 1. The van der Waals surface area contributed by atoms with Crippen LogP contribution in [-0.4, -0.2) is 16.9 Å². The van der Waals surface area contributed by atoms with Crippen LogP contribution in [0.3, 0.4) is 0 Å². The van der Waals surface area contributed by atoms with Crippen LogP contribution in [0.1, 0.15) is 16.7 Å². The lowest BCUT2D eigenvalue weighted by Gasteiger charge is -2.09. The number of nitrogens with zero attached hydrogens (tertiary/aromatic N) is 1. The van der Waals surface area contributed by atoms with Crippen LogP contribution in [0.2, 0.25) is 5.02 Å². The molecule has 0 aliphatic rings. The molecule has 0 atom stereocenters. The monoisotopic (exact) mass is 343 g/mol. The number of carbonyl (C=O) groups is 2.